The Bertz CT molecular complexity index is 300. The third-order valence-corrected chi connectivity index (χ3v) is 2.15. The van der Waals surface area contributed by atoms with Crippen LogP contribution >= 0.6 is 0 Å². The van der Waals surface area contributed by atoms with Gasteiger partial charge in [0.25, 0.3) is 0 Å². The topological polar surface area (TPSA) is 29.9 Å². The predicted octanol–water partition coefficient (Wildman–Crippen LogP) is 2.16. The Morgan fingerprint density at radius 3 is 3.00 bits per heavy atom. The second-order valence-corrected chi connectivity index (χ2v) is 4.03. The summed E-state index contributed by atoms with van der Waals surface area (Å²) in [5, 5.41) is 7.58. The summed E-state index contributed by atoms with van der Waals surface area (Å²) >= 11 is 0. The van der Waals surface area contributed by atoms with E-state index in [2.05, 4.69) is 43.3 Å². The summed E-state index contributed by atoms with van der Waals surface area (Å²) < 4.78 is 1.99. The Morgan fingerprint density at radius 1 is 1.53 bits per heavy atom. The fraction of sp³-hybridized carbons (Fsp3) is 0.583. The van der Waals surface area contributed by atoms with Gasteiger partial charge in [0.2, 0.25) is 0 Å². The number of hydrogen-bond donors (Lipinski definition) is 1. The van der Waals surface area contributed by atoms with E-state index in [9.17, 15) is 0 Å². The van der Waals surface area contributed by atoms with Gasteiger partial charge in [-0.3, -0.25) is 4.68 Å². The van der Waals surface area contributed by atoms with Gasteiger partial charge in [0.05, 0.1) is 5.69 Å². The number of aromatic nitrogens is 2. The van der Waals surface area contributed by atoms with E-state index in [1.807, 2.05) is 16.9 Å². The highest BCUT2D eigenvalue weighted by Gasteiger charge is 1.94. The van der Waals surface area contributed by atoms with Gasteiger partial charge in [-0.15, -0.1) is 0 Å². The highest BCUT2D eigenvalue weighted by molar-refractivity contribution is 5.44. The third-order valence-electron chi connectivity index (χ3n) is 2.15. The molecule has 84 valence electrons. The van der Waals surface area contributed by atoms with Crippen molar-refractivity contribution in [1.29, 1.82) is 0 Å². The van der Waals surface area contributed by atoms with Crippen LogP contribution in [0.5, 0.6) is 0 Å². The summed E-state index contributed by atoms with van der Waals surface area (Å²) in [6, 6.07) is 2.03. The molecule has 1 aromatic rings. The van der Waals surface area contributed by atoms with Crippen LogP contribution in [-0.2, 0) is 6.54 Å². The minimum absolute atomic E-state index is 0.708. The fourth-order valence-electron chi connectivity index (χ4n) is 1.38. The summed E-state index contributed by atoms with van der Waals surface area (Å²) in [7, 11) is 0. The molecule has 0 amide bonds. The molecule has 3 nitrogen and oxygen atoms in total. The van der Waals surface area contributed by atoms with Gasteiger partial charge in [-0.1, -0.05) is 19.9 Å². The maximum Gasteiger partial charge on any atom is 0.0607 e. The van der Waals surface area contributed by atoms with Crippen LogP contribution in [0.4, 0.5) is 0 Å². The standard InChI is InChI=1S/C12H21N3/c1-4-15-12(7-9-14-15)6-5-8-13-10-11(2)3/h5-7,9,11,13H,4,8,10H2,1-3H3/b6-5+. The first-order chi connectivity index (χ1) is 7.24. The molecule has 1 heterocycles. The van der Waals surface area contributed by atoms with Crippen LogP contribution in [0, 0.1) is 5.92 Å². The average molecular weight is 207 g/mol. The van der Waals surface area contributed by atoms with Crippen LogP contribution in [-0.4, -0.2) is 22.9 Å². The van der Waals surface area contributed by atoms with E-state index in [4.69, 9.17) is 0 Å². The lowest BCUT2D eigenvalue weighted by Crippen LogP contribution is -2.19. The van der Waals surface area contributed by atoms with Crippen molar-refractivity contribution in [3.63, 3.8) is 0 Å². The third kappa shape index (κ3) is 4.30. The van der Waals surface area contributed by atoms with Gasteiger partial charge in [-0.2, -0.15) is 5.10 Å². The molecule has 0 radical (unpaired) electrons. The molecule has 0 aromatic carbocycles. The molecule has 0 atom stereocenters. The first-order valence-corrected chi connectivity index (χ1v) is 5.63. The molecule has 3 heteroatoms. The van der Waals surface area contributed by atoms with Gasteiger partial charge in [0.15, 0.2) is 0 Å². The van der Waals surface area contributed by atoms with Crippen molar-refractivity contribution in [2.24, 2.45) is 5.92 Å². The molecule has 0 aliphatic carbocycles. The zero-order valence-electron chi connectivity index (χ0n) is 9.90. The van der Waals surface area contributed by atoms with Gasteiger partial charge in [0, 0.05) is 19.3 Å². The normalized spacial score (nSPS) is 11.7. The van der Waals surface area contributed by atoms with Gasteiger partial charge in [-0.05, 0) is 31.5 Å². The summed E-state index contributed by atoms with van der Waals surface area (Å²) in [6.45, 7) is 9.43. The van der Waals surface area contributed by atoms with Gasteiger partial charge in [-0.25, -0.2) is 0 Å². The lowest BCUT2D eigenvalue weighted by atomic mass is 10.2. The van der Waals surface area contributed by atoms with E-state index >= 15 is 0 Å². The van der Waals surface area contributed by atoms with E-state index in [0.29, 0.717) is 5.92 Å². The van der Waals surface area contributed by atoms with Crippen LogP contribution in [0.3, 0.4) is 0 Å². The second kappa shape index (κ2) is 6.40. The zero-order chi connectivity index (χ0) is 11.1. The molecule has 1 rings (SSSR count). The fourth-order valence-corrected chi connectivity index (χ4v) is 1.38. The molecule has 1 aromatic heterocycles. The van der Waals surface area contributed by atoms with Crippen molar-refractivity contribution >= 4 is 6.08 Å². The highest BCUT2D eigenvalue weighted by Crippen LogP contribution is 2.00. The molecule has 15 heavy (non-hydrogen) atoms. The summed E-state index contributed by atoms with van der Waals surface area (Å²) in [6.07, 6.45) is 6.10. The van der Waals surface area contributed by atoms with Gasteiger partial charge in [0.1, 0.15) is 0 Å². The number of hydrogen-bond acceptors (Lipinski definition) is 2. The smallest absolute Gasteiger partial charge is 0.0607 e. The highest BCUT2D eigenvalue weighted by atomic mass is 15.3. The number of rotatable bonds is 6. The van der Waals surface area contributed by atoms with E-state index in [0.717, 1.165) is 19.6 Å². The quantitative estimate of drug-likeness (QED) is 0.724. The molecule has 0 saturated heterocycles. The zero-order valence-corrected chi connectivity index (χ0v) is 9.90. The maximum absolute atomic E-state index is 4.21. The number of nitrogens with zero attached hydrogens (tertiary/aromatic N) is 2. The Kier molecular flexibility index (Phi) is 5.12. The maximum atomic E-state index is 4.21. The predicted molar refractivity (Wildman–Crippen MR) is 64.6 cm³/mol. The van der Waals surface area contributed by atoms with Crippen molar-refractivity contribution in [1.82, 2.24) is 15.1 Å². The first kappa shape index (κ1) is 12.0. The van der Waals surface area contributed by atoms with Gasteiger partial charge >= 0.3 is 0 Å². The lowest BCUT2D eigenvalue weighted by molar-refractivity contribution is 0.577. The average Bonchev–Trinajstić information content (AvgIpc) is 2.64. The van der Waals surface area contributed by atoms with Crippen molar-refractivity contribution in [3.05, 3.63) is 24.0 Å². The van der Waals surface area contributed by atoms with E-state index in [1.54, 1.807) is 0 Å². The van der Waals surface area contributed by atoms with Crippen LogP contribution in [0.1, 0.15) is 26.5 Å². The molecule has 0 saturated carbocycles. The number of nitrogens with one attached hydrogen (secondary N) is 1. The van der Waals surface area contributed by atoms with Crippen molar-refractivity contribution < 1.29 is 0 Å². The summed E-state index contributed by atoms with van der Waals surface area (Å²) in [5.74, 6) is 0.708. The molecule has 1 N–H and O–H groups in total. The Hall–Kier alpha value is -1.09. The van der Waals surface area contributed by atoms with Crippen LogP contribution in [0.2, 0.25) is 0 Å². The molecular weight excluding hydrogens is 186 g/mol. The summed E-state index contributed by atoms with van der Waals surface area (Å²) in [5.41, 5.74) is 1.17. The van der Waals surface area contributed by atoms with Crippen LogP contribution in [0.15, 0.2) is 18.3 Å². The largest absolute Gasteiger partial charge is 0.313 e. The van der Waals surface area contributed by atoms with Gasteiger partial charge < -0.3 is 5.32 Å². The lowest BCUT2D eigenvalue weighted by Gasteiger charge is -2.04. The monoisotopic (exact) mass is 207 g/mol. The number of aryl methyl sites for hydroxylation is 1. The Labute approximate surface area is 92.2 Å². The molecule has 0 unspecified atom stereocenters. The molecule has 0 spiro atoms. The minimum atomic E-state index is 0.708. The van der Waals surface area contributed by atoms with Crippen molar-refractivity contribution in [2.45, 2.75) is 27.3 Å². The van der Waals surface area contributed by atoms with E-state index < -0.39 is 0 Å². The SMILES string of the molecule is CCn1nccc1/C=C/CNCC(C)C. The Balaban J connectivity index is 2.31. The van der Waals surface area contributed by atoms with E-state index in [-0.39, 0.29) is 0 Å². The van der Waals surface area contributed by atoms with Crippen LogP contribution < -0.4 is 5.32 Å². The van der Waals surface area contributed by atoms with Crippen molar-refractivity contribution in [2.75, 3.05) is 13.1 Å². The molecule has 0 fully saturated rings. The molecular formula is C12H21N3. The molecule has 0 aliphatic heterocycles. The second-order valence-electron chi connectivity index (χ2n) is 4.03. The Morgan fingerprint density at radius 2 is 2.33 bits per heavy atom. The minimum Gasteiger partial charge on any atom is -0.313 e. The first-order valence-electron chi connectivity index (χ1n) is 5.63. The summed E-state index contributed by atoms with van der Waals surface area (Å²) in [4.78, 5) is 0. The van der Waals surface area contributed by atoms with Crippen molar-refractivity contribution in [3.8, 4) is 0 Å². The van der Waals surface area contributed by atoms with Crippen LogP contribution in [0.25, 0.3) is 6.08 Å². The van der Waals surface area contributed by atoms with E-state index in [1.165, 1.54) is 5.69 Å². The molecule has 0 bridgehead atoms. The molecule has 0 aliphatic rings.